The van der Waals surface area contributed by atoms with Crippen LogP contribution < -0.4 is 19.7 Å². The molecule has 8 heteroatoms. The van der Waals surface area contributed by atoms with E-state index in [4.69, 9.17) is 9.47 Å². The Labute approximate surface area is 265 Å². The van der Waals surface area contributed by atoms with Crippen molar-refractivity contribution in [2.45, 2.75) is 57.5 Å². The van der Waals surface area contributed by atoms with Gasteiger partial charge in [0.2, 0.25) is 0 Å². The third-order valence-electron chi connectivity index (χ3n) is 9.76. The molecule has 3 aromatic carbocycles. The van der Waals surface area contributed by atoms with Crippen LogP contribution in [0.2, 0.25) is 0 Å². The third kappa shape index (κ3) is 5.45. The van der Waals surface area contributed by atoms with E-state index in [1.807, 2.05) is 43.3 Å². The van der Waals surface area contributed by atoms with Crippen molar-refractivity contribution in [1.82, 2.24) is 5.32 Å². The fourth-order valence-electron chi connectivity index (χ4n) is 8.23. The van der Waals surface area contributed by atoms with Gasteiger partial charge in [0.1, 0.15) is 12.2 Å². The van der Waals surface area contributed by atoms with Gasteiger partial charge in [0.05, 0.1) is 12.3 Å². The number of barbiturate groups is 1. The van der Waals surface area contributed by atoms with E-state index in [1.54, 1.807) is 18.2 Å². The molecule has 44 heavy (non-hydrogen) atoms. The van der Waals surface area contributed by atoms with Crippen LogP contribution in [-0.2, 0) is 21.6 Å². The molecule has 3 aromatic rings. The lowest BCUT2D eigenvalue weighted by molar-refractivity contribution is -0.122. The van der Waals surface area contributed by atoms with Crippen molar-refractivity contribution in [3.05, 3.63) is 93.5 Å². The molecule has 4 saturated carbocycles. The summed E-state index contributed by atoms with van der Waals surface area (Å²) in [7, 11) is 0. The Kier molecular flexibility index (Phi) is 7.57. The molecule has 5 aliphatic rings. The quantitative estimate of drug-likeness (QED) is 0.200. The summed E-state index contributed by atoms with van der Waals surface area (Å²) in [6.07, 6.45) is 9.31. The predicted molar refractivity (Wildman–Crippen MR) is 171 cm³/mol. The van der Waals surface area contributed by atoms with Crippen LogP contribution in [0.15, 0.2) is 76.8 Å². The maximum Gasteiger partial charge on any atom is 0.335 e. The molecule has 8 rings (SSSR count). The number of imide groups is 2. The van der Waals surface area contributed by atoms with E-state index in [-0.39, 0.29) is 11.0 Å². The Morgan fingerprint density at radius 1 is 0.864 bits per heavy atom. The summed E-state index contributed by atoms with van der Waals surface area (Å²) in [5.74, 6) is 2.13. The van der Waals surface area contributed by atoms with Crippen molar-refractivity contribution in [2.24, 2.45) is 17.8 Å². The lowest BCUT2D eigenvalue weighted by atomic mass is 9.48. The number of anilines is 1. The van der Waals surface area contributed by atoms with E-state index >= 15 is 0 Å². The lowest BCUT2D eigenvalue weighted by Gasteiger charge is -2.57. The Balaban J connectivity index is 1.11. The highest BCUT2D eigenvalue weighted by Crippen LogP contribution is 2.60. The molecule has 0 aromatic heterocycles. The highest BCUT2D eigenvalue weighted by atomic mass is 79.9. The number of urea groups is 1. The van der Waals surface area contributed by atoms with Crippen molar-refractivity contribution >= 4 is 45.5 Å². The van der Waals surface area contributed by atoms with Crippen LogP contribution >= 0.6 is 15.9 Å². The largest absolute Gasteiger partial charge is 0.490 e. The average Bonchev–Trinajstić information content (AvgIpc) is 2.99. The zero-order valence-electron chi connectivity index (χ0n) is 24.7. The molecule has 4 amide bonds. The van der Waals surface area contributed by atoms with E-state index in [2.05, 4.69) is 33.4 Å². The van der Waals surface area contributed by atoms with Crippen molar-refractivity contribution in [2.75, 3.05) is 11.5 Å². The summed E-state index contributed by atoms with van der Waals surface area (Å²) >= 11 is 3.44. The fraction of sp³-hybridized carbons (Fsp3) is 0.361. The van der Waals surface area contributed by atoms with E-state index in [0.29, 0.717) is 36.0 Å². The summed E-state index contributed by atoms with van der Waals surface area (Å²) in [5, 5.41) is 2.34. The number of nitrogens with zero attached hydrogens (tertiary/aromatic N) is 1. The van der Waals surface area contributed by atoms with Gasteiger partial charge in [0, 0.05) is 4.47 Å². The van der Waals surface area contributed by atoms with E-state index < -0.39 is 17.8 Å². The molecule has 4 bridgehead atoms. The highest BCUT2D eigenvalue weighted by Gasteiger charge is 2.51. The minimum Gasteiger partial charge on any atom is -0.490 e. The summed E-state index contributed by atoms with van der Waals surface area (Å²) in [5.41, 5.74) is 3.43. The molecule has 5 fully saturated rings. The summed E-state index contributed by atoms with van der Waals surface area (Å²) in [4.78, 5) is 40.5. The van der Waals surface area contributed by atoms with Gasteiger partial charge in [-0.3, -0.25) is 14.9 Å². The van der Waals surface area contributed by atoms with Gasteiger partial charge in [-0.25, -0.2) is 9.69 Å². The molecular weight excluding hydrogens is 620 g/mol. The molecule has 0 atom stereocenters. The summed E-state index contributed by atoms with van der Waals surface area (Å²) in [6, 6.07) is 20.2. The van der Waals surface area contributed by atoms with Gasteiger partial charge in [-0.05, 0) is 128 Å². The van der Waals surface area contributed by atoms with Gasteiger partial charge >= 0.3 is 6.03 Å². The monoisotopic (exact) mass is 654 g/mol. The molecule has 4 aliphatic carbocycles. The SMILES string of the molecule is CCOc1cc(/C=C2\C(=O)NC(=O)N(c3ccc(C45CC6CC(CC(C6)C4)C5)cc3)C2=O)ccc1OCc1ccc(Br)cc1. The van der Waals surface area contributed by atoms with E-state index in [9.17, 15) is 14.4 Å². The van der Waals surface area contributed by atoms with Crippen LogP contribution in [0, 0.1) is 17.8 Å². The lowest BCUT2D eigenvalue weighted by Crippen LogP contribution is -2.54. The highest BCUT2D eigenvalue weighted by molar-refractivity contribution is 9.10. The van der Waals surface area contributed by atoms with Crippen molar-refractivity contribution < 1.29 is 23.9 Å². The zero-order chi connectivity index (χ0) is 30.4. The maximum atomic E-state index is 13.6. The van der Waals surface area contributed by atoms with E-state index in [1.165, 1.54) is 50.2 Å². The first-order valence-corrected chi connectivity index (χ1v) is 16.3. The molecular formula is C36H35BrN2O5. The molecule has 0 unspecified atom stereocenters. The molecule has 226 valence electrons. The van der Waals surface area contributed by atoms with Crippen molar-refractivity contribution in [3.63, 3.8) is 0 Å². The first-order chi connectivity index (χ1) is 21.3. The Morgan fingerprint density at radius 2 is 1.52 bits per heavy atom. The smallest absolute Gasteiger partial charge is 0.335 e. The van der Waals surface area contributed by atoms with E-state index in [0.717, 1.165) is 32.7 Å². The van der Waals surface area contributed by atoms with Crippen LogP contribution in [0.1, 0.15) is 62.1 Å². The van der Waals surface area contributed by atoms with Crippen LogP contribution in [0.25, 0.3) is 6.08 Å². The number of halogens is 1. The maximum absolute atomic E-state index is 13.6. The normalized spacial score (nSPS) is 26.7. The second-order valence-electron chi connectivity index (χ2n) is 12.8. The van der Waals surface area contributed by atoms with Crippen LogP contribution in [0.3, 0.4) is 0 Å². The predicted octanol–water partition coefficient (Wildman–Crippen LogP) is 7.56. The van der Waals surface area contributed by atoms with Crippen molar-refractivity contribution in [1.29, 1.82) is 0 Å². The minimum atomic E-state index is -0.744. The number of rotatable bonds is 8. The van der Waals surface area contributed by atoms with Gasteiger partial charge < -0.3 is 9.47 Å². The molecule has 7 nitrogen and oxygen atoms in total. The van der Waals surface area contributed by atoms with Gasteiger partial charge in [-0.2, -0.15) is 0 Å². The number of amides is 4. The first-order valence-electron chi connectivity index (χ1n) is 15.5. The number of hydrogen-bond donors (Lipinski definition) is 1. The number of hydrogen-bond acceptors (Lipinski definition) is 5. The Bertz CT molecular complexity index is 1610. The molecule has 1 saturated heterocycles. The van der Waals surface area contributed by atoms with Crippen LogP contribution in [-0.4, -0.2) is 24.5 Å². The second-order valence-corrected chi connectivity index (χ2v) is 13.7. The number of carbonyl (C=O) groups excluding carboxylic acids is 3. The third-order valence-corrected chi connectivity index (χ3v) is 10.3. The minimum absolute atomic E-state index is 0.124. The van der Waals surface area contributed by atoms with Gasteiger partial charge in [0.15, 0.2) is 11.5 Å². The fourth-order valence-corrected chi connectivity index (χ4v) is 8.49. The number of ether oxygens (including phenoxy) is 2. The molecule has 0 radical (unpaired) electrons. The number of benzene rings is 3. The second kappa shape index (κ2) is 11.5. The molecule has 0 spiro atoms. The molecule has 1 N–H and O–H groups in total. The summed E-state index contributed by atoms with van der Waals surface area (Å²) in [6.45, 7) is 2.64. The van der Waals surface area contributed by atoms with Crippen LogP contribution in [0.4, 0.5) is 10.5 Å². The standard InChI is InChI=1S/C36H35BrN2O5/c1-2-43-32-17-23(5-12-31(32)44-21-22-3-8-28(37)9-4-22)16-30-33(40)38-35(42)39(34(30)41)29-10-6-27(7-11-29)36-18-24-13-25(19-36)15-26(14-24)20-36/h3-12,16-17,24-26H,2,13-15,18-21H2,1H3,(H,38,40,42)/b30-16+. The molecule has 1 aliphatic heterocycles. The summed E-state index contributed by atoms with van der Waals surface area (Å²) < 4.78 is 12.8. The van der Waals surface area contributed by atoms with Crippen LogP contribution in [0.5, 0.6) is 11.5 Å². The van der Waals surface area contributed by atoms with Gasteiger partial charge in [0.25, 0.3) is 11.8 Å². The van der Waals surface area contributed by atoms with Crippen molar-refractivity contribution in [3.8, 4) is 11.5 Å². The Hall–Kier alpha value is -3.91. The Morgan fingerprint density at radius 3 is 2.16 bits per heavy atom. The number of carbonyl (C=O) groups is 3. The molecule has 1 heterocycles. The first kappa shape index (κ1) is 28.8. The topological polar surface area (TPSA) is 84.9 Å². The number of nitrogens with one attached hydrogen (secondary N) is 1. The zero-order valence-corrected chi connectivity index (χ0v) is 26.3. The van der Waals surface area contributed by atoms with Gasteiger partial charge in [-0.15, -0.1) is 0 Å². The average molecular weight is 656 g/mol. The van der Waals surface area contributed by atoms with Gasteiger partial charge in [-0.1, -0.05) is 46.3 Å².